The number of aromatic nitrogens is 2. The van der Waals surface area contributed by atoms with Crippen LogP contribution in [-0.2, 0) is 12.5 Å². The number of rotatable bonds is 2. The molecule has 2 nitrogen and oxygen atoms in total. The van der Waals surface area contributed by atoms with E-state index in [0.717, 1.165) is 5.69 Å². The Bertz CT molecular complexity index is 1350. The molecule has 0 bridgehead atoms. The second-order valence-corrected chi connectivity index (χ2v) is 9.63. The number of pyridine rings is 2. The van der Waals surface area contributed by atoms with E-state index in [0.29, 0.717) is 0 Å². The summed E-state index contributed by atoms with van der Waals surface area (Å²) in [7, 11) is 2.17. The molecule has 0 N–H and O–H groups in total. The molecule has 4 aromatic rings. The van der Waals surface area contributed by atoms with Gasteiger partial charge in [-0.15, -0.1) is 0 Å². The average molecular weight is 418 g/mol. The molecule has 0 unspecified atom stereocenters. The third-order valence-electron chi connectivity index (χ3n) is 7.63. The highest BCUT2D eigenvalue weighted by molar-refractivity contribution is 5.84. The van der Waals surface area contributed by atoms with Crippen molar-refractivity contribution in [3.63, 3.8) is 0 Å². The molecule has 158 valence electrons. The number of aryl methyl sites for hydroxylation is 3. The van der Waals surface area contributed by atoms with Crippen molar-refractivity contribution in [3.8, 4) is 33.5 Å². The Morgan fingerprint density at radius 1 is 0.781 bits per heavy atom. The number of hydrogen-bond acceptors (Lipinski definition) is 1. The molecule has 2 aliphatic carbocycles. The van der Waals surface area contributed by atoms with E-state index >= 15 is 0 Å². The zero-order valence-electron chi connectivity index (χ0n) is 19.2. The third kappa shape index (κ3) is 2.79. The van der Waals surface area contributed by atoms with E-state index in [9.17, 15) is 0 Å². The molecule has 1 saturated carbocycles. The van der Waals surface area contributed by atoms with Gasteiger partial charge in [-0.25, -0.2) is 4.57 Å². The number of benzene rings is 2. The molecule has 32 heavy (non-hydrogen) atoms. The first-order chi connectivity index (χ1) is 15.6. The van der Waals surface area contributed by atoms with Gasteiger partial charge in [0.2, 0.25) is 5.69 Å². The van der Waals surface area contributed by atoms with Crippen molar-refractivity contribution in [1.82, 2.24) is 4.98 Å². The van der Waals surface area contributed by atoms with Crippen molar-refractivity contribution in [3.05, 3.63) is 95.4 Å². The van der Waals surface area contributed by atoms with Crippen LogP contribution in [0.3, 0.4) is 0 Å². The molecule has 0 saturated heterocycles. The largest absolute Gasteiger partial charge is 0.257 e. The molecular formula is C30H29N2+. The van der Waals surface area contributed by atoms with Crippen molar-refractivity contribution >= 4 is 0 Å². The summed E-state index contributed by atoms with van der Waals surface area (Å²) in [5.74, 6) is 0. The van der Waals surface area contributed by atoms with Gasteiger partial charge in [0.05, 0.1) is 5.69 Å². The molecule has 2 heterocycles. The fraction of sp³-hybridized carbons (Fsp3) is 0.267. The molecule has 2 aliphatic rings. The average Bonchev–Trinajstić information content (AvgIpc) is 3.39. The van der Waals surface area contributed by atoms with Gasteiger partial charge in [-0.05, 0) is 67.1 Å². The van der Waals surface area contributed by atoms with Crippen LogP contribution in [0.2, 0.25) is 0 Å². The van der Waals surface area contributed by atoms with Gasteiger partial charge in [-0.2, -0.15) is 0 Å². The monoisotopic (exact) mass is 417 g/mol. The van der Waals surface area contributed by atoms with E-state index in [2.05, 4.69) is 98.4 Å². The van der Waals surface area contributed by atoms with Crippen molar-refractivity contribution in [2.24, 2.45) is 7.05 Å². The van der Waals surface area contributed by atoms with Crippen LogP contribution in [0.5, 0.6) is 0 Å². The normalized spacial score (nSPS) is 15.7. The minimum absolute atomic E-state index is 0.0989. The zero-order valence-corrected chi connectivity index (χ0v) is 19.2. The molecule has 6 rings (SSSR count). The van der Waals surface area contributed by atoms with Crippen molar-refractivity contribution in [2.75, 3.05) is 0 Å². The summed E-state index contributed by atoms with van der Waals surface area (Å²) < 4.78 is 2.28. The van der Waals surface area contributed by atoms with E-state index in [1.807, 2.05) is 0 Å². The molecule has 2 aromatic heterocycles. The van der Waals surface area contributed by atoms with Crippen LogP contribution >= 0.6 is 0 Å². The Morgan fingerprint density at radius 3 is 2.31 bits per heavy atom. The maximum Gasteiger partial charge on any atom is 0.212 e. The summed E-state index contributed by atoms with van der Waals surface area (Å²) in [6.45, 7) is 4.37. The standard InChI is InChI=1S/C30H29N2/c1-20-17-26-24-13-11-21(2)31-29(24)30(15-7-8-16-30)27(26)18-25(20)28-14-12-23(19-32(28)3)22-9-5-4-6-10-22/h4-6,9-14,17-19H,7-8,15-16H2,1-3H3/q+1. The molecule has 0 amide bonds. The first kappa shape index (κ1) is 19.4. The van der Waals surface area contributed by atoms with Gasteiger partial charge in [0.1, 0.15) is 7.05 Å². The Kier molecular flexibility index (Phi) is 4.33. The van der Waals surface area contributed by atoms with Crippen LogP contribution < -0.4 is 4.57 Å². The highest BCUT2D eigenvalue weighted by Gasteiger charge is 2.46. The second kappa shape index (κ2) is 7.13. The summed E-state index contributed by atoms with van der Waals surface area (Å²) in [4.78, 5) is 5.09. The van der Waals surface area contributed by atoms with Crippen LogP contribution in [-0.4, -0.2) is 4.98 Å². The molecule has 0 atom stereocenters. The lowest BCUT2D eigenvalue weighted by atomic mass is 9.78. The van der Waals surface area contributed by atoms with E-state index in [4.69, 9.17) is 4.98 Å². The smallest absolute Gasteiger partial charge is 0.212 e. The van der Waals surface area contributed by atoms with Crippen LogP contribution in [0.4, 0.5) is 0 Å². The summed E-state index contributed by atoms with van der Waals surface area (Å²) in [5, 5.41) is 0. The lowest BCUT2D eigenvalue weighted by Crippen LogP contribution is -2.31. The first-order valence-electron chi connectivity index (χ1n) is 11.8. The predicted molar refractivity (Wildman–Crippen MR) is 130 cm³/mol. The van der Waals surface area contributed by atoms with Crippen molar-refractivity contribution in [1.29, 1.82) is 0 Å². The van der Waals surface area contributed by atoms with Gasteiger partial charge >= 0.3 is 0 Å². The Morgan fingerprint density at radius 2 is 1.56 bits per heavy atom. The Labute approximate surface area is 190 Å². The van der Waals surface area contributed by atoms with E-state index in [1.54, 1.807) is 0 Å². The quantitative estimate of drug-likeness (QED) is 0.332. The van der Waals surface area contributed by atoms with Gasteiger partial charge in [0, 0.05) is 33.9 Å². The fourth-order valence-corrected chi connectivity index (χ4v) is 6.04. The van der Waals surface area contributed by atoms with Crippen molar-refractivity contribution in [2.45, 2.75) is 44.9 Å². The summed E-state index contributed by atoms with van der Waals surface area (Å²) >= 11 is 0. The summed E-state index contributed by atoms with van der Waals surface area (Å²) in [6.07, 6.45) is 7.26. The SMILES string of the molecule is Cc1ccc2c(n1)C1(CCCC1)c1cc(-c3ccc(-c4ccccc4)c[n+]3C)c(C)cc1-2. The molecule has 1 fully saturated rings. The van der Waals surface area contributed by atoms with Crippen LogP contribution in [0.25, 0.3) is 33.5 Å². The highest BCUT2D eigenvalue weighted by Crippen LogP contribution is 2.57. The topological polar surface area (TPSA) is 16.8 Å². The molecule has 2 aromatic carbocycles. The van der Waals surface area contributed by atoms with Crippen LogP contribution in [0.1, 0.15) is 48.2 Å². The van der Waals surface area contributed by atoms with Gasteiger partial charge in [-0.3, -0.25) is 4.98 Å². The Hall–Kier alpha value is -3.26. The molecule has 1 spiro atoms. The maximum absolute atomic E-state index is 5.09. The molecular weight excluding hydrogens is 388 g/mol. The minimum atomic E-state index is 0.0989. The predicted octanol–water partition coefficient (Wildman–Crippen LogP) is 6.70. The minimum Gasteiger partial charge on any atom is -0.257 e. The second-order valence-electron chi connectivity index (χ2n) is 9.63. The molecule has 0 radical (unpaired) electrons. The van der Waals surface area contributed by atoms with Crippen LogP contribution in [0, 0.1) is 13.8 Å². The first-order valence-corrected chi connectivity index (χ1v) is 11.8. The van der Waals surface area contributed by atoms with Crippen molar-refractivity contribution < 1.29 is 4.57 Å². The van der Waals surface area contributed by atoms with Gasteiger partial charge < -0.3 is 0 Å². The lowest BCUT2D eigenvalue weighted by Gasteiger charge is -2.26. The number of hydrogen-bond donors (Lipinski definition) is 0. The van der Waals surface area contributed by atoms with Gasteiger partial charge in [-0.1, -0.05) is 55.3 Å². The van der Waals surface area contributed by atoms with E-state index in [-0.39, 0.29) is 5.41 Å². The maximum atomic E-state index is 5.09. The van der Waals surface area contributed by atoms with Crippen LogP contribution in [0.15, 0.2) is 72.9 Å². The summed E-state index contributed by atoms with van der Waals surface area (Å²) in [6, 6.07) is 24.5. The summed E-state index contributed by atoms with van der Waals surface area (Å²) in [5.41, 5.74) is 13.2. The van der Waals surface area contributed by atoms with E-state index in [1.165, 1.54) is 76.0 Å². The number of fused-ring (bicyclic) bond motifs is 5. The third-order valence-corrected chi connectivity index (χ3v) is 7.63. The highest BCUT2D eigenvalue weighted by atomic mass is 14.9. The number of nitrogens with zero attached hydrogens (tertiary/aromatic N) is 2. The Balaban J connectivity index is 1.51. The molecule has 2 heteroatoms. The lowest BCUT2D eigenvalue weighted by molar-refractivity contribution is -0.659. The zero-order chi connectivity index (χ0) is 21.9. The van der Waals surface area contributed by atoms with E-state index < -0.39 is 0 Å². The fourth-order valence-electron chi connectivity index (χ4n) is 6.04. The van der Waals surface area contributed by atoms with Gasteiger partial charge in [0.25, 0.3) is 0 Å². The van der Waals surface area contributed by atoms with Gasteiger partial charge in [0.15, 0.2) is 6.20 Å². The molecule has 0 aliphatic heterocycles.